The van der Waals surface area contributed by atoms with Crippen LogP contribution in [0.3, 0.4) is 0 Å². The number of anilines is 1. The van der Waals surface area contributed by atoms with Crippen LogP contribution in [0.15, 0.2) is 35.0 Å². The third kappa shape index (κ3) is 3.18. The molecule has 2 aromatic heterocycles. The molecule has 0 amide bonds. The first kappa shape index (κ1) is 17.6. The topological polar surface area (TPSA) is 108 Å². The predicted molar refractivity (Wildman–Crippen MR) is 104 cm³/mol. The molecule has 0 unspecified atom stereocenters. The second-order valence-corrected chi connectivity index (χ2v) is 6.79. The number of carboxylic acids is 1. The average molecular weight is 382 g/mol. The summed E-state index contributed by atoms with van der Waals surface area (Å²) in [5, 5.41) is 26.7. The van der Waals surface area contributed by atoms with Crippen LogP contribution in [0.4, 0.5) is 5.82 Å². The van der Waals surface area contributed by atoms with Crippen LogP contribution >= 0.6 is 11.3 Å². The zero-order chi connectivity index (χ0) is 19.0. The van der Waals surface area contributed by atoms with E-state index in [0.29, 0.717) is 29.2 Å². The van der Waals surface area contributed by atoms with Crippen LogP contribution in [0.1, 0.15) is 28.4 Å². The Kier molecular flexibility index (Phi) is 4.60. The first-order valence-electron chi connectivity index (χ1n) is 8.28. The van der Waals surface area contributed by atoms with Gasteiger partial charge >= 0.3 is 13.1 Å². The van der Waals surface area contributed by atoms with Gasteiger partial charge in [-0.2, -0.15) is 5.10 Å². The summed E-state index contributed by atoms with van der Waals surface area (Å²) in [5.41, 5.74) is 3.15. The normalized spacial score (nSPS) is 13.5. The molecule has 2 N–H and O–H groups in total. The number of benzene rings is 1. The average Bonchev–Trinajstić information content (AvgIpc) is 3.26. The molecule has 3 aromatic rings. The van der Waals surface area contributed by atoms with Crippen molar-refractivity contribution in [3.05, 3.63) is 46.6 Å². The van der Waals surface area contributed by atoms with Crippen molar-refractivity contribution in [2.45, 2.75) is 13.5 Å². The molecule has 0 radical (unpaired) electrons. The van der Waals surface area contributed by atoms with Gasteiger partial charge in [-0.3, -0.25) is 0 Å². The van der Waals surface area contributed by atoms with E-state index in [2.05, 4.69) is 15.1 Å². The maximum Gasteiger partial charge on any atom is 0.491 e. The number of hydrazone groups is 1. The molecule has 0 atom stereocenters. The number of carboxylic acid groups (broad SMARTS) is 1. The van der Waals surface area contributed by atoms with Crippen LogP contribution in [0.25, 0.3) is 10.2 Å². The van der Waals surface area contributed by atoms with Gasteiger partial charge in [0.2, 0.25) is 0 Å². The van der Waals surface area contributed by atoms with Crippen LogP contribution in [0.2, 0.25) is 0 Å². The highest BCUT2D eigenvalue weighted by molar-refractivity contribution is 7.18. The van der Waals surface area contributed by atoms with E-state index in [1.54, 1.807) is 16.6 Å². The molecule has 1 aromatic carbocycles. The van der Waals surface area contributed by atoms with Crippen LogP contribution < -0.4 is 10.5 Å². The summed E-state index contributed by atoms with van der Waals surface area (Å²) in [7, 11) is -0.866. The maximum atomic E-state index is 11.3. The van der Waals surface area contributed by atoms with E-state index in [9.17, 15) is 14.9 Å². The fourth-order valence-electron chi connectivity index (χ4n) is 2.93. The quantitative estimate of drug-likeness (QED) is 0.391. The van der Waals surface area contributed by atoms with Crippen LogP contribution in [-0.4, -0.2) is 45.9 Å². The van der Waals surface area contributed by atoms with Crippen LogP contribution in [0, 0.1) is 0 Å². The lowest BCUT2D eigenvalue weighted by atomic mass is 9.79. The summed E-state index contributed by atoms with van der Waals surface area (Å²) in [5.74, 6) is -0.448. The third-order valence-electron chi connectivity index (χ3n) is 4.29. The van der Waals surface area contributed by atoms with E-state index in [0.717, 1.165) is 16.6 Å². The number of rotatable bonds is 5. The van der Waals surface area contributed by atoms with E-state index < -0.39 is 13.1 Å². The summed E-state index contributed by atoms with van der Waals surface area (Å²) in [6, 6.07) is 5.61. The van der Waals surface area contributed by atoms with Crippen molar-refractivity contribution in [1.82, 2.24) is 9.97 Å². The highest BCUT2D eigenvalue weighted by Crippen LogP contribution is 2.31. The largest absolute Gasteiger partial charge is 0.491 e. The Hall–Kier alpha value is -2.82. The lowest BCUT2D eigenvalue weighted by molar-refractivity contribution is 0.0699. The summed E-state index contributed by atoms with van der Waals surface area (Å²) in [4.78, 5) is 19.7. The first-order chi connectivity index (χ1) is 13.1. The zero-order valence-corrected chi connectivity index (χ0v) is 15.2. The minimum absolute atomic E-state index is 0.163. The number of aromatic nitrogens is 2. The smallest absolute Gasteiger partial charge is 0.478 e. The van der Waals surface area contributed by atoms with E-state index in [4.69, 9.17) is 4.65 Å². The maximum absolute atomic E-state index is 11.3. The molecule has 0 saturated heterocycles. The summed E-state index contributed by atoms with van der Waals surface area (Å²) in [6.07, 6.45) is 3.05. The molecule has 1 aliphatic rings. The van der Waals surface area contributed by atoms with Gasteiger partial charge in [0, 0.05) is 11.9 Å². The Balaban J connectivity index is 1.66. The van der Waals surface area contributed by atoms with Gasteiger partial charge in [0.25, 0.3) is 0 Å². The number of nitrogens with zero attached hydrogens (tertiary/aromatic N) is 4. The van der Waals surface area contributed by atoms with Crippen molar-refractivity contribution in [3.63, 3.8) is 0 Å². The summed E-state index contributed by atoms with van der Waals surface area (Å²) < 4.78 is 5.88. The van der Waals surface area contributed by atoms with E-state index >= 15 is 0 Å². The summed E-state index contributed by atoms with van der Waals surface area (Å²) >= 11 is 1.29. The molecule has 27 heavy (non-hydrogen) atoms. The van der Waals surface area contributed by atoms with Crippen LogP contribution in [0.5, 0.6) is 0 Å². The number of hydrogen-bond acceptors (Lipinski definition) is 8. The molecule has 1 aliphatic heterocycles. The number of carbonyl (C=O) groups is 1. The molecule has 0 aliphatic carbocycles. The molecule has 0 fully saturated rings. The lowest BCUT2D eigenvalue weighted by Crippen LogP contribution is -2.27. The predicted octanol–water partition coefficient (Wildman–Crippen LogP) is 1.47. The highest BCUT2D eigenvalue weighted by atomic mass is 32.1. The summed E-state index contributed by atoms with van der Waals surface area (Å²) in [6.45, 7) is 2.86. The lowest BCUT2D eigenvalue weighted by Gasteiger charge is -2.16. The van der Waals surface area contributed by atoms with Gasteiger partial charge in [0.15, 0.2) is 5.82 Å². The minimum Gasteiger partial charge on any atom is -0.478 e. The van der Waals surface area contributed by atoms with Crippen molar-refractivity contribution in [2.75, 3.05) is 11.6 Å². The number of thiophene rings is 1. The molecular formula is C17H15BN4O4S. The number of fused-ring (bicyclic) bond motifs is 2. The van der Waals surface area contributed by atoms with Gasteiger partial charge in [-0.05, 0) is 29.6 Å². The van der Waals surface area contributed by atoms with Gasteiger partial charge in [-0.25, -0.2) is 19.8 Å². The minimum atomic E-state index is -1.01. The Morgan fingerprint density at radius 2 is 2.33 bits per heavy atom. The Morgan fingerprint density at radius 1 is 1.48 bits per heavy atom. The molecular weight excluding hydrogens is 367 g/mol. The molecule has 8 nitrogen and oxygen atoms in total. The van der Waals surface area contributed by atoms with Gasteiger partial charge in [-0.15, -0.1) is 11.3 Å². The Labute approximate surface area is 158 Å². The van der Waals surface area contributed by atoms with Crippen molar-refractivity contribution >= 4 is 52.1 Å². The molecule has 136 valence electrons. The standard InChI is InChI=1S/C17H15BN4O4S/c1-2-22(16-15-14(19-9-20-16)12(8-27-15)17(23)24)21-6-10-3-4-13-11(5-10)7-26-18(13)25/h3-6,8-9,25H,2,7H2,1H3,(H,23,24)/b21-6+. The fraction of sp³-hybridized carbons (Fsp3) is 0.176. The van der Waals surface area contributed by atoms with Crippen molar-refractivity contribution in [1.29, 1.82) is 0 Å². The number of hydrogen-bond donors (Lipinski definition) is 2. The van der Waals surface area contributed by atoms with E-state index in [1.165, 1.54) is 17.7 Å². The monoisotopic (exact) mass is 382 g/mol. The van der Waals surface area contributed by atoms with Crippen molar-refractivity contribution in [2.24, 2.45) is 5.10 Å². The van der Waals surface area contributed by atoms with Crippen molar-refractivity contribution < 1.29 is 19.6 Å². The third-order valence-corrected chi connectivity index (χ3v) is 5.25. The molecule has 0 spiro atoms. The van der Waals surface area contributed by atoms with Gasteiger partial charge in [0.1, 0.15) is 11.8 Å². The van der Waals surface area contributed by atoms with Crippen LogP contribution in [-0.2, 0) is 11.3 Å². The van der Waals surface area contributed by atoms with Gasteiger partial charge < -0.3 is 14.8 Å². The SMILES string of the molecule is CCN(/N=C/c1ccc2c(c1)COB2O)c1ncnc2c(C(=O)O)csc12. The van der Waals surface area contributed by atoms with E-state index in [-0.39, 0.29) is 5.56 Å². The molecule has 0 saturated carbocycles. The second kappa shape index (κ2) is 7.07. The number of aromatic carboxylic acids is 1. The molecule has 4 rings (SSSR count). The zero-order valence-electron chi connectivity index (χ0n) is 14.4. The second-order valence-electron chi connectivity index (χ2n) is 5.91. The van der Waals surface area contributed by atoms with E-state index in [1.807, 2.05) is 25.1 Å². The Morgan fingerprint density at radius 3 is 3.11 bits per heavy atom. The molecule has 3 heterocycles. The Bertz CT molecular complexity index is 1050. The van der Waals surface area contributed by atoms with Gasteiger partial charge in [0.05, 0.1) is 23.1 Å². The molecule has 10 heteroatoms. The highest BCUT2D eigenvalue weighted by Gasteiger charge is 2.26. The van der Waals surface area contributed by atoms with Gasteiger partial charge in [-0.1, -0.05) is 12.1 Å². The molecule has 0 bridgehead atoms. The fourth-order valence-corrected chi connectivity index (χ4v) is 3.91. The van der Waals surface area contributed by atoms with Crippen molar-refractivity contribution in [3.8, 4) is 0 Å². The first-order valence-corrected chi connectivity index (χ1v) is 9.16.